The van der Waals surface area contributed by atoms with Gasteiger partial charge in [-0.15, -0.1) is 12.4 Å². The number of halogens is 1. The average molecular weight is 293 g/mol. The first-order valence-electron chi connectivity index (χ1n) is 6.93. The summed E-state index contributed by atoms with van der Waals surface area (Å²) in [7, 11) is 0. The third-order valence-electron chi connectivity index (χ3n) is 4.12. The second-order valence-electron chi connectivity index (χ2n) is 5.40. The number of phenols is 1. The molecule has 1 aliphatic rings. The van der Waals surface area contributed by atoms with Gasteiger partial charge < -0.3 is 16.2 Å². The normalized spacial score (nSPS) is 17.6. The molecule has 3 nitrogen and oxygen atoms in total. The van der Waals surface area contributed by atoms with E-state index in [4.69, 9.17) is 5.73 Å². The molecule has 0 saturated carbocycles. The number of piperidine rings is 1. The number of phenolic OH excluding ortho intramolecular Hbond substituents is 1. The second kappa shape index (κ2) is 6.44. The van der Waals surface area contributed by atoms with Crippen molar-refractivity contribution in [3.63, 3.8) is 0 Å². The summed E-state index contributed by atoms with van der Waals surface area (Å²) in [5.74, 6) is 0.874. The van der Waals surface area contributed by atoms with Gasteiger partial charge >= 0.3 is 0 Å². The number of nitrogens with two attached hydrogens (primary N) is 1. The fraction of sp³-hybridized carbons (Fsp3) is 0.375. The number of hydrogen-bond donors (Lipinski definition) is 3. The van der Waals surface area contributed by atoms with Gasteiger partial charge in [0, 0.05) is 6.04 Å². The average Bonchev–Trinajstić information content (AvgIpc) is 2.47. The van der Waals surface area contributed by atoms with Crippen LogP contribution in [0.3, 0.4) is 0 Å². The van der Waals surface area contributed by atoms with Crippen molar-refractivity contribution in [2.75, 3.05) is 13.1 Å². The Kier molecular flexibility index (Phi) is 4.86. The van der Waals surface area contributed by atoms with Crippen molar-refractivity contribution in [1.82, 2.24) is 5.32 Å². The molecule has 1 fully saturated rings. The number of benzene rings is 2. The molecule has 1 atom stereocenters. The lowest BCUT2D eigenvalue weighted by Gasteiger charge is -2.28. The fourth-order valence-electron chi connectivity index (χ4n) is 2.93. The van der Waals surface area contributed by atoms with Crippen LogP contribution in [0.15, 0.2) is 36.4 Å². The maximum atomic E-state index is 9.48. The summed E-state index contributed by atoms with van der Waals surface area (Å²) in [4.78, 5) is 0. The first-order valence-corrected chi connectivity index (χ1v) is 6.93. The molecule has 0 unspecified atom stereocenters. The maximum absolute atomic E-state index is 9.48. The van der Waals surface area contributed by atoms with Crippen LogP contribution in [0.25, 0.3) is 10.8 Å². The Morgan fingerprint density at radius 2 is 1.70 bits per heavy atom. The van der Waals surface area contributed by atoms with Crippen LogP contribution in [0.5, 0.6) is 5.75 Å². The van der Waals surface area contributed by atoms with Crippen LogP contribution >= 0.6 is 12.4 Å². The summed E-state index contributed by atoms with van der Waals surface area (Å²) in [6.45, 7) is 2.14. The minimum Gasteiger partial charge on any atom is -0.508 e. The fourth-order valence-corrected chi connectivity index (χ4v) is 2.93. The number of hydrogen-bond acceptors (Lipinski definition) is 3. The van der Waals surface area contributed by atoms with Gasteiger partial charge in [0.25, 0.3) is 0 Å². The van der Waals surface area contributed by atoms with Gasteiger partial charge in [-0.25, -0.2) is 0 Å². The predicted octanol–water partition coefficient (Wildman–Crippen LogP) is 2.97. The van der Waals surface area contributed by atoms with E-state index in [1.807, 2.05) is 12.1 Å². The van der Waals surface area contributed by atoms with Crippen LogP contribution in [-0.2, 0) is 0 Å². The van der Waals surface area contributed by atoms with Crippen molar-refractivity contribution in [2.45, 2.75) is 18.9 Å². The van der Waals surface area contributed by atoms with Crippen molar-refractivity contribution >= 4 is 23.2 Å². The van der Waals surface area contributed by atoms with E-state index in [1.54, 1.807) is 12.1 Å². The summed E-state index contributed by atoms with van der Waals surface area (Å²) in [6.07, 6.45) is 2.30. The molecule has 1 saturated heterocycles. The summed E-state index contributed by atoms with van der Waals surface area (Å²) in [5, 5.41) is 15.0. The molecule has 4 heteroatoms. The molecule has 20 heavy (non-hydrogen) atoms. The first kappa shape index (κ1) is 15.1. The molecule has 0 radical (unpaired) electrons. The monoisotopic (exact) mass is 292 g/mol. The summed E-state index contributed by atoms with van der Waals surface area (Å²) in [5.41, 5.74) is 7.61. The third kappa shape index (κ3) is 3.06. The van der Waals surface area contributed by atoms with Crippen molar-refractivity contribution in [3.8, 4) is 5.75 Å². The Bertz CT molecular complexity index is 582. The molecule has 0 bridgehead atoms. The molecular weight excluding hydrogens is 272 g/mol. The molecule has 108 valence electrons. The van der Waals surface area contributed by atoms with Gasteiger partial charge in [-0.3, -0.25) is 0 Å². The Morgan fingerprint density at radius 1 is 1.05 bits per heavy atom. The SMILES string of the molecule is Cl.N[C@@H](c1ccc2cc(O)ccc2c1)C1CCNCC1. The van der Waals surface area contributed by atoms with Crippen molar-refractivity contribution in [3.05, 3.63) is 42.0 Å². The number of fused-ring (bicyclic) bond motifs is 1. The van der Waals surface area contributed by atoms with Gasteiger partial charge in [-0.2, -0.15) is 0 Å². The molecular formula is C16H21ClN2O. The topological polar surface area (TPSA) is 58.3 Å². The lowest BCUT2D eigenvalue weighted by atomic mass is 9.86. The van der Waals surface area contributed by atoms with Crippen molar-refractivity contribution in [2.24, 2.45) is 11.7 Å². The zero-order valence-corrected chi connectivity index (χ0v) is 12.2. The summed E-state index contributed by atoms with van der Waals surface area (Å²) in [6, 6.07) is 11.9. The standard InChI is InChI=1S/C16H20N2O.ClH/c17-16(11-5-7-18-8-6-11)14-2-1-13-10-15(19)4-3-12(13)9-14;/h1-4,9-11,16,18-19H,5-8,17H2;1H/t16-;/m1./s1. The zero-order chi connectivity index (χ0) is 13.2. The lowest BCUT2D eigenvalue weighted by Crippen LogP contribution is -2.33. The van der Waals surface area contributed by atoms with Gasteiger partial charge in [0.2, 0.25) is 0 Å². The molecule has 2 aromatic rings. The Hall–Kier alpha value is -1.29. The first-order chi connectivity index (χ1) is 9.24. The van der Waals surface area contributed by atoms with Gasteiger partial charge in [-0.1, -0.05) is 18.2 Å². The Balaban J connectivity index is 0.00000147. The van der Waals surface area contributed by atoms with E-state index in [-0.39, 0.29) is 18.4 Å². The van der Waals surface area contributed by atoms with E-state index in [0.717, 1.165) is 36.7 Å². The molecule has 0 spiro atoms. The molecule has 0 amide bonds. The molecule has 2 aromatic carbocycles. The minimum atomic E-state index is 0. The molecule has 4 N–H and O–H groups in total. The molecule has 0 aliphatic carbocycles. The minimum absolute atomic E-state index is 0. The van der Waals surface area contributed by atoms with E-state index >= 15 is 0 Å². The van der Waals surface area contributed by atoms with Gasteiger partial charge in [0.15, 0.2) is 0 Å². The smallest absolute Gasteiger partial charge is 0.116 e. The van der Waals surface area contributed by atoms with Crippen LogP contribution in [0.1, 0.15) is 24.4 Å². The number of nitrogens with one attached hydrogen (secondary N) is 1. The van der Waals surface area contributed by atoms with Crippen LogP contribution in [0.2, 0.25) is 0 Å². The Morgan fingerprint density at radius 3 is 2.45 bits per heavy atom. The van der Waals surface area contributed by atoms with Gasteiger partial charge in [-0.05, 0) is 66.4 Å². The lowest BCUT2D eigenvalue weighted by molar-refractivity contribution is 0.322. The highest BCUT2D eigenvalue weighted by Gasteiger charge is 2.21. The van der Waals surface area contributed by atoms with E-state index in [9.17, 15) is 5.11 Å². The summed E-state index contributed by atoms with van der Waals surface area (Å²) >= 11 is 0. The highest BCUT2D eigenvalue weighted by atomic mass is 35.5. The van der Waals surface area contributed by atoms with Crippen LogP contribution in [0, 0.1) is 5.92 Å². The molecule has 3 rings (SSSR count). The predicted molar refractivity (Wildman–Crippen MR) is 85.4 cm³/mol. The van der Waals surface area contributed by atoms with Crippen LogP contribution < -0.4 is 11.1 Å². The van der Waals surface area contributed by atoms with Crippen molar-refractivity contribution in [1.29, 1.82) is 0 Å². The maximum Gasteiger partial charge on any atom is 0.116 e. The van der Waals surface area contributed by atoms with E-state index < -0.39 is 0 Å². The van der Waals surface area contributed by atoms with Gasteiger partial charge in [0.1, 0.15) is 5.75 Å². The third-order valence-corrected chi connectivity index (χ3v) is 4.12. The second-order valence-corrected chi connectivity index (χ2v) is 5.40. The van der Waals surface area contributed by atoms with Gasteiger partial charge in [0.05, 0.1) is 0 Å². The van der Waals surface area contributed by atoms with E-state index in [0.29, 0.717) is 11.7 Å². The van der Waals surface area contributed by atoms with E-state index in [2.05, 4.69) is 17.4 Å². The molecule has 1 heterocycles. The number of rotatable bonds is 2. The highest BCUT2D eigenvalue weighted by Crippen LogP contribution is 2.29. The van der Waals surface area contributed by atoms with Crippen LogP contribution in [0.4, 0.5) is 0 Å². The Labute approximate surface area is 125 Å². The molecule has 0 aromatic heterocycles. The summed E-state index contributed by atoms with van der Waals surface area (Å²) < 4.78 is 0. The van der Waals surface area contributed by atoms with Crippen molar-refractivity contribution < 1.29 is 5.11 Å². The quantitative estimate of drug-likeness (QED) is 0.797. The number of aromatic hydroxyl groups is 1. The van der Waals surface area contributed by atoms with E-state index in [1.165, 1.54) is 5.56 Å². The zero-order valence-electron chi connectivity index (χ0n) is 11.4. The molecule has 1 aliphatic heterocycles. The largest absolute Gasteiger partial charge is 0.508 e. The highest BCUT2D eigenvalue weighted by molar-refractivity contribution is 5.85. The van der Waals surface area contributed by atoms with Crippen LogP contribution in [-0.4, -0.2) is 18.2 Å².